The minimum Gasteiger partial charge on any atom is -0.497 e. The normalized spacial score (nSPS) is 10.5. The molecular formula is C24H27N3O5. The summed E-state index contributed by atoms with van der Waals surface area (Å²) in [5, 5.41) is 7.33. The highest BCUT2D eigenvalue weighted by Gasteiger charge is 2.09. The Morgan fingerprint density at radius 1 is 0.969 bits per heavy atom. The molecule has 168 valence electrons. The van der Waals surface area contributed by atoms with Gasteiger partial charge in [-0.1, -0.05) is 12.1 Å². The third-order valence-electron chi connectivity index (χ3n) is 4.94. The summed E-state index contributed by atoms with van der Waals surface area (Å²) in [7, 11) is 4.74. The first kappa shape index (κ1) is 22.9. The fourth-order valence-electron chi connectivity index (χ4n) is 3.22. The molecule has 0 atom stereocenters. The minimum absolute atomic E-state index is 0.0862. The lowest BCUT2D eigenvalue weighted by Gasteiger charge is -2.11. The first-order valence-corrected chi connectivity index (χ1v) is 10.2. The topological polar surface area (TPSA) is 91.7 Å². The van der Waals surface area contributed by atoms with Crippen LogP contribution in [0.2, 0.25) is 0 Å². The summed E-state index contributed by atoms with van der Waals surface area (Å²) in [6.07, 6.45) is 0.783. The summed E-state index contributed by atoms with van der Waals surface area (Å²) in [6.45, 7) is 0.759. The van der Waals surface area contributed by atoms with Gasteiger partial charge in [0, 0.05) is 31.1 Å². The van der Waals surface area contributed by atoms with Gasteiger partial charge in [-0.25, -0.2) is 4.68 Å². The van der Waals surface area contributed by atoms with E-state index in [9.17, 15) is 9.59 Å². The molecule has 0 saturated carbocycles. The Bertz CT molecular complexity index is 1130. The van der Waals surface area contributed by atoms with Crippen molar-refractivity contribution in [1.82, 2.24) is 15.1 Å². The van der Waals surface area contributed by atoms with Crippen LogP contribution in [-0.2, 0) is 17.9 Å². The van der Waals surface area contributed by atoms with Crippen LogP contribution in [0.15, 0.2) is 59.4 Å². The number of nitrogens with one attached hydrogen (secondary N) is 1. The first-order valence-electron chi connectivity index (χ1n) is 10.2. The number of hydrogen-bond donors (Lipinski definition) is 1. The molecule has 3 aromatic rings. The van der Waals surface area contributed by atoms with Crippen molar-refractivity contribution in [3.8, 4) is 28.5 Å². The number of carbonyl (C=O) groups is 1. The van der Waals surface area contributed by atoms with Crippen molar-refractivity contribution in [1.29, 1.82) is 0 Å². The fourth-order valence-corrected chi connectivity index (χ4v) is 3.22. The number of aromatic nitrogens is 2. The van der Waals surface area contributed by atoms with E-state index >= 15 is 0 Å². The SMILES string of the molecule is COc1cccc(CNC(=O)CCCn2nc(-c3ccc(OC)c(OC)c3)ccc2=O)c1. The number of benzene rings is 2. The molecule has 0 radical (unpaired) electrons. The van der Waals surface area contributed by atoms with Crippen LogP contribution >= 0.6 is 0 Å². The van der Waals surface area contributed by atoms with E-state index in [0.717, 1.165) is 16.9 Å². The molecule has 0 saturated heterocycles. The fraction of sp³-hybridized carbons (Fsp3) is 0.292. The van der Waals surface area contributed by atoms with Crippen molar-refractivity contribution < 1.29 is 19.0 Å². The highest BCUT2D eigenvalue weighted by Crippen LogP contribution is 2.31. The lowest BCUT2D eigenvalue weighted by Crippen LogP contribution is -2.25. The molecule has 0 unspecified atom stereocenters. The predicted octanol–water partition coefficient (Wildman–Crippen LogP) is 3.03. The summed E-state index contributed by atoms with van der Waals surface area (Å²) in [5.41, 5.74) is 2.17. The third kappa shape index (κ3) is 5.87. The summed E-state index contributed by atoms with van der Waals surface area (Å²) in [5.74, 6) is 1.86. The van der Waals surface area contributed by atoms with Crippen LogP contribution in [0.4, 0.5) is 0 Å². The van der Waals surface area contributed by atoms with E-state index in [1.165, 1.54) is 10.7 Å². The summed E-state index contributed by atoms with van der Waals surface area (Å²) in [4.78, 5) is 24.4. The Balaban J connectivity index is 1.58. The van der Waals surface area contributed by atoms with Gasteiger partial charge in [0.05, 0.1) is 27.0 Å². The van der Waals surface area contributed by atoms with Crippen LogP contribution in [0.25, 0.3) is 11.3 Å². The van der Waals surface area contributed by atoms with E-state index in [1.54, 1.807) is 33.5 Å². The summed E-state index contributed by atoms with van der Waals surface area (Å²) < 4.78 is 17.2. The van der Waals surface area contributed by atoms with Crippen LogP contribution in [-0.4, -0.2) is 37.0 Å². The molecule has 8 nitrogen and oxygen atoms in total. The van der Waals surface area contributed by atoms with Gasteiger partial charge in [-0.05, 0) is 48.4 Å². The van der Waals surface area contributed by atoms with Crippen LogP contribution in [0.3, 0.4) is 0 Å². The van der Waals surface area contributed by atoms with Gasteiger partial charge in [-0.3, -0.25) is 9.59 Å². The Hall–Kier alpha value is -3.81. The van der Waals surface area contributed by atoms with E-state index in [2.05, 4.69) is 10.4 Å². The Kier molecular flexibility index (Phi) is 7.85. The van der Waals surface area contributed by atoms with Crippen LogP contribution in [0, 0.1) is 0 Å². The number of hydrogen-bond acceptors (Lipinski definition) is 6. The average Bonchev–Trinajstić information content (AvgIpc) is 2.83. The number of methoxy groups -OCH3 is 3. The van der Waals surface area contributed by atoms with Crippen molar-refractivity contribution in [3.05, 3.63) is 70.5 Å². The second-order valence-corrected chi connectivity index (χ2v) is 7.08. The minimum atomic E-state index is -0.217. The molecule has 1 N–H and O–H groups in total. The molecule has 0 bridgehead atoms. The lowest BCUT2D eigenvalue weighted by molar-refractivity contribution is -0.121. The number of ether oxygens (including phenoxy) is 3. The second-order valence-electron chi connectivity index (χ2n) is 7.08. The number of aryl methyl sites for hydroxylation is 1. The van der Waals surface area contributed by atoms with Gasteiger partial charge < -0.3 is 19.5 Å². The molecule has 0 fully saturated rings. The highest BCUT2D eigenvalue weighted by atomic mass is 16.5. The van der Waals surface area contributed by atoms with Crippen molar-refractivity contribution in [2.45, 2.75) is 25.9 Å². The van der Waals surface area contributed by atoms with E-state index in [1.807, 2.05) is 36.4 Å². The predicted molar refractivity (Wildman–Crippen MR) is 121 cm³/mol. The average molecular weight is 437 g/mol. The summed E-state index contributed by atoms with van der Waals surface area (Å²) >= 11 is 0. The molecule has 3 rings (SSSR count). The Labute approximate surface area is 186 Å². The van der Waals surface area contributed by atoms with Crippen molar-refractivity contribution >= 4 is 5.91 Å². The molecular weight excluding hydrogens is 410 g/mol. The third-order valence-corrected chi connectivity index (χ3v) is 4.94. The number of nitrogens with zero attached hydrogens (tertiary/aromatic N) is 2. The molecule has 8 heteroatoms. The zero-order valence-electron chi connectivity index (χ0n) is 18.5. The van der Waals surface area contributed by atoms with Crippen molar-refractivity contribution in [2.75, 3.05) is 21.3 Å². The maximum atomic E-state index is 12.2. The Morgan fingerprint density at radius 2 is 1.78 bits per heavy atom. The van der Waals surface area contributed by atoms with Gasteiger partial charge in [0.25, 0.3) is 5.56 Å². The smallest absolute Gasteiger partial charge is 0.266 e. The van der Waals surface area contributed by atoms with Crippen LogP contribution in [0.5, 0.6) is 17.2 Å². The summed E-state index contributed by atoms with van der Waals surface area (Å²) in [6, 6.07) is 16.1. The van der Waals surface area contributed by atoms with E-state index in [4.69, 9.17) is 14.2 Å². The number of carbonyl (C=O) groups excluding carboxylic acids is 1. The van der Waals surface area contributed by atoms with E-state index in [0.29, 0.717) is 43.1 Å². The number of amides is 1. The van der Waals surface area contributed by atoms with Gasteiger partial charge in [-0.15, -0.1) is 0 Å². The second kappa shape index (κ2) is 11.0. The standard InChI is InChI=1S/C24H27N3O5/c1-30-19-7-4-6-17(14-19)16-25-23(28)8-5-13-27-24(29)12-10-20(26-27)18-9-11-21(31-2)22(15-18)32-3/h4,6-7,9-12,14-15H,5,8,13,16H2,1-3H3,(H,25,28). The highest BCUT2D eigenvalue weighted by molar-refractivity contribution is 5.75. The van der Waals surface area contributed by atoms with Gasteiger partial charge >= 0.3 is 0 Å². The molecule has 1 aromatic heterocycles. The molecule has 32 heavy (non-hydrogen) atoms. The molecule has 2 aromatic carbocycles. The molecule has 0 aliphatic carbocycles. The van der Waals surface area contributed by atoms with Crippen LogP contribution in [0.1, 0.15) is 18.4 Å². The maximum absolute atomic E-state index is 12.2. The molecule has 0 spiro atoms. The Morgan fingerprint density at radius 3 is 2.53 bits per heavy atom. The number of rotatable bonds is 10. The van der Waals surface area contributed by atoms with Crippen molar-refractivity contribution in [3.63, 3.8) is 0 Å². The van der Waals surface area contributed by atoms with E-state index < -0.39 is 0 Å². The first-order chi connectivity index (χ1) is 15.5. The van der Waals surface area contributed by atoms with Gasteiger partial charge in [0.2, 0.25) is 5.91 Å². The molecule has 0 aliphatic rings. The van der Waals surface area contributed by atoms with Crippen LogP contribution < -0.4 is 25.1 Å². The van der Waals surface area contributed by atoms with Crippen molar-refractivity contribution in [2.24, 2.45) is 0 Å². The maximum Gasteiger partial charge on any atom is 0.266 e. The molecule has 1 amide bonds. The monoisotopic (exact) mass is 437 g/mol. The zero-order chi connectivity index (χ0) is 22.9. The zero-order valence-corrected chi connectivity index (χ0v) is 18.5. The van der Waals surface area contributed by atoms with Gasteiger partial charge in [0.15, 0.2) is 11.5 Å². The van der Waals surface area contributed by atoms with Gasteiger partial charge in [-0.2, -0.15) is 5.10 Å². The lowest BCUT2D eigenvalue weighted by atomic mass is 10.1. The van der Waals surface area contributed by atoms with Gasteiger partial charge in [0.1, 0.15) is 5.75 Å². The quantitative estimate of drug-likeness (QED) is 0.524. The molecule has 0 aliphatic heterocycles. The largest absolute Gasteiger partial charge is 0.497 e. The van der Waals surface area contributed by atoms with E-state index in [-0.39, 0.29) is 11.5 Å². The molecule has 1 heterocycles.